The molecule has 7 heteroatoms. The molecule has 142 valence electrons. The van der Waals surface area contributed by atoms with Crippen LogP contribution in [0, 0.1) is 5.92 Å². The van der Waals surface area contributed by atoms with Crippen molar-refractivity contribution in [3.63, 3.8) is 0 Å². The number of piperazine rings is 1. The van der Waals surface area contributed by atoms with Gasteiger partial charge in [0, 0.05) is 33.3 Å². The minimum atomic E-state index is -0.0789. The molecule has 3 rings (SSSR count). The third-order valence-corrected chi connectivity index (χ3v) is 5.46. The first kappa shape index (κ1) is 19.1. The Bertz CT molecular complexity index is 655. The van der Waals surface area contributed by atoms with E-state index in [2.05, 4.69) is 4.90 Å². The molecule has 6 nitrogen and oxygen atoms in total. The van der Waals surface area contributed by atoms with E-state index in [0.29, 0.717) is 24.7 Å². The van der Waals surface area contributed by atoms with E-state index in [1.54, 1.807) is 23.0 Å². The molecule has 0 aromatic heterocycles. The van der Waals surface area contributed by atoms with Crippen molar-refractivity contribution in [2.45, 2.75) is 12.8 Å². The molecular formula is C19H26ClN3O3. The SMILES string of the molecule is COCCN1CCCC(C(=O)N2CCN(c3ccccc3Cl)C(=O)C2)C1. The third kappa shape index (κ3) is 4.37. The fourth-order valence-corrected chi connectivity index (χ4v) is 3.96. The number of ether oxygens (including phenoxy) is 1. The molecule has 1 aromatic rings. The second-order valence-corrected chi connectivity index (χ2v) is 7.30. The lowest BCUT2D eigenvalue weighted by Gasteiger charge is -2.38. The Balaban J connectivity index is 1.59. The molecule has 2 aliphatic rings. The first-order valence-corrected chi connectivity index (χ1v) is 9.53. The number of amides is 2. The molecule has 2 heterocycles. The van der Waals surface area contributed by atoms with Gasteiger partial charge in [-0.2, -0.15) is 0 Å². The summed E-state index contributed by atoms with van der Waals surface area (Å²) >= 11 is 6.21. The number of likely N-dealkylation sites (tertiary alicyclic amines) is 1. The number of hydrogen-bond donors (Lipinski definition) is 0. The molecule has 0 N–H and O–H groups in total. The molecular weight excluding hydrogens is 354 g/mol. The Morgan fingerprint density at radius 1 is 1.27 bits per heavy atom. The fraction of sp³-hybridized carbons (Fsp3) is 0.579. The van der Waals surface area contributed by atoms with E-state index >= 15 is 0 Å². The summed E-state index contributed by atoms with van der Waals surface area (Å²) in [5.41, 5.74) is 0.717. The number of para-hydroxylation sites is 1. The predicted molar refractivity (Wildman–Crippen MR) is 101 cm³/mol. The third-order valence-electron chi connectivity index (χ3n) is 5.14. The minimum Gasteiger partial charge on any atom is -0.383 e. The topological polar surface area (TPSA) is 53.1 Å². The standard InChI is InChI=1S/C19H26ClN3O3/c1-26-12-11-21-8-4-5-15(13-21)19(25)22-9-10-23(18(24)14-22)17-7-3-2-6-16(17)20/h2-3,6-7,15H,4-5,8-14H2,1H3. The maximum Gasteiger partial charge on any atom is 0.246 e. The highest BCUT2D eigenvalue weighted by atomic mass is 35.5. The van der Waals surface area contributed by atoms with Gasteiger partial charge in [-0.25, -0.2) is 0 Å². The average Bonchev–Trinajstić information content (AvgIpc) is 2.66. The van der Waals surface area contributed by atoms with E-state index in [4.69, 9.17) is 16.3 Å². The van der Waals surface area contributed by atoms with Crippen LogP contribution in [0.25, 0.3) is 0 Å². The molecule has 2 aliphatic heterocycles. The van der Waals surface area contributed by atoms with E-state index in [1.807, 2.05) is 18.2 Å². The number of hydrogen-bond acceptors (Lipinski definition) is 4. The molecule has 2 amide bonds. The van der Waals surface area contributed by atoms with E-state index in [9.17, 15) is 9.59 Å². The Hall–Kier alpha value is -1.63. The summed E-state index contributed by atoms with van der Waals surface area (Å²) in [6.45, 7) is 4.43. The van der Waals surface area contributed by atoms with Gasteiger partial charge in [0.05, 0.1) is 23.2 Å². The number of nitrogens with zero attached hydrogens (tertiary/aromatic N) is 3. The van der Waals surface area contributed by atoms with Gasteiger partial charge in [0.25, 0.3) is 0 Å². The molecule has 0 bridgehead atoms. The predicted octanol–water partition coefficient (Wildman–Crippen LogP) is 1.87. The molecule has 0 saturated carbocycles. The summed E-state index contributed by atoms with van der Waals surface area (Å²) in [7, 11) is 1.69. The van der Waals surface area contributed by atoms with Crippen LogP contribution < -0.4 is 4.90 Å². The zero-order valence-corrected chi connectivity index (χ0v) is 16.0. The first-order chi connectivity index (χ1) is 12.6. The summed E-state index contributed by atoms with van der Waals surface area (Å²) in [6.07, 6.45) is 1.90. The van der Waals surface area contributed by atoms with Crippen LogP contribution in [0.3, 0.4) is 0 Å². The monoisotopic (exact) mass is 379 g/mol. The molecule has 1 unspecified atom stereocenters. The first-order valence-electron chi connectivity index (χ1n) is 9.15. The van der Waals surface area contributed by atoms with Crippen LogP contribution in [-0.4, -0.2) is 74.6 Å². The molecule has 1 aromatic carbocycles. The van der Waals surface area contributed by atoms with Crippen LogP contribution in [-0.2, 0) is 14.3 Å². The van der Waals surface area contributed by atoms with Gasteiger partial charge in [0.1, 0.15) is 6.54 Å². The van der Waals surface area contributed by atoms with Gasteiger partial charge in [0.2, 0.25) is 11.8 Å². The molecule has 0 radical (unpaired) electrons. The van der Waals surface area contributed by atoms with Crippen LogP contribution in [0.5, 0.6) is 0 Å². The Labute approximate surface area is 159 Å². The molecule has 0 aliphatic carbocycles. The number of halogens is 1. The zero-order valence-electron chi connectivity index (χ0n) is 15.2. The summed E-state index contributed by atoms with van der Waals surface area (Å²) < 4.78 is 5.14. The van der Waals surface area contributed by atoms with Crippen molar-refractivity contribution in [1.29, 1.82) is 0 Å². The highest BCUT2D eigenvalue weighted by Crippen LogP contribution is 2.27. The molecule has 2 fully saturated rings. The normalized spacial score (nSPS) is 21.9. The number of carbonyl (C=O) groups is 2. The molecule has 26 heavy (non-hydrogen) atoms. The smallest absolute Gasteiger partial charge is 0.246 e. The number of benzene rings is 1. The van der Waals surface area contributed by atoms with E-state index < -0.39 is 0 Å². The van der Waals surface area contributed by atoms with E-state index in [-0.39, 0.29) is 24.3 Å². The highest BCUT2D eigenvalue weighted by molar-refractivity contribution is 6.33. The van der Waals surface area contributed by atoms with Crippen molar-refractivity contribution in [2.24, 2.45) is 5.92 Å². The summed E-state index contributed by atoms with van der Waals surface area (Å²) in [4.78, 5) is 31.2. The van der Waals surface area contributed by atoms with Crippen molar-refractivity contribution in [2.75, 3.05) is 57.9 Å². The number of piperidine rings is 1. The van der Waals surface area contributed by atoms with Crippen molar-refractivity contribution >= 4 is 29.1 Å². The van der Waals surface area contributed by atoms with Gasteiger partial charge in [-0.1, -0.05) is 23.7 Å². The van der Waals surface area contributed by atoms with Crippen molar-refractivity contribution in [3.8, 4) is 0 Å². The van der Waals surface area contributed by atoms with Gasteiger partial charge in [-0.05, 0) is 31.5 Å². The van der Waals surface area contributed by atoms with Crippen molar-refractivity contribution in [3.05, 3.63) is 29.3 Å². The van der Waals surface area contributed by atoms with Gasteiger partial charge in [0.15, 0.2) is 0 Å². The number of carbonyl (C=O) groups excluding carboxylic acids is 2. The Kier molecular flexibility index (Phi) is 6.51. The maximum atomic E-state index is 12.9. The second-order valence-electron chi connectivity index (χ2n) is 6.89. The van der Waals surface area contributed by atoms with Gasteiger partial charge in [-0.15, -0.1) is 0 Å². The lowest BCUT2D eigenvalue weighted by atomic mass is 9.96. The highest BCUT2D eigenvalue weighted by Gasteiger charge is 2.34. The lowest BCUT2D eigenvalue weighted by molar-refractivity contribution is -0.141. The number of rotatable bonds is 5. The minimum absolute atomic E-state index is 0.0275. The van der Waals surface area contributed by atoms with Crippen molar-refractivity contribution in [1.82, 2.24) is 9.80 Å². The Morgan fingerprint density at radius 3 is 2.81 bits per heavy atom. The second kappa shape index (κ2) is 8.84. The number of methoxy groups -OCH3 is 1. The average molecular weight is 380 g/mol. The van der Waals surface area contributed by atoms with Gasteiger partial charge in [-0.3, -0.25) is 9.59 Å². The van der Waals surface area contributed by atoms with Crippen LogP contribution >= 0.6 is 11.6 Å². The summed E-state index contributed by atoms with van der Waals surface area (Å²) in [6, 6.07) is 7.32. The van der Waals surface area contributed by atoms with Crippen LogP contribution in [0.1, 0.15) is 12.8 Å². The van der Waals surface area contributed by atoms with E-state index in [0.717, 1.165) is 38.2 Å². The summed E-state index contributed by atoms with van der Waals surface area (Å²) in [5.74, 6) is -0.00991. The summed E-state index contributed by atoms with van der Waals surface area (Å²) in [5, 5.41) is 0.557. The molecule has 2 saturated heterocycles. The molecule has 1 atom stereocenters. The van der Waals surface area contributed by atoms with E-state index in [1.165, 1.54) is 0 Å². The van der Waals surface area contributed by atoms with Crippen molar-refractivity contribution < 1.29 is 14.3 Å². The van der Waals surface area contributed by atoms with Crippen LogP contribution in [0.15, 0.2) is 24.3 Å². The quantitative estimate of drug-likeness (QED) is 0.783. The van der Waals surface area contributed by atoms with Gasteiger partial charge >= 0.3 is 0 Å². The largest absolute Gasteiger partial charge is 0.383 e. The van der Waals surface area contributed by atoms with Gasteiger partial charge < -0.3 is 19.4 Å². The zero-order chi connectivity index (χ0) is 18.5. The Morgan fingerprint density at radius 2 is 2.08 bits per heavy atom. The molecule has 0 spiro atoms. The maximum absolute atomic E-state index is 12.9. The van der Waals surface area contributed by atoms with Crippen LogP contribution in [0.2, 0.25) is 5.02 Å². The number of anilines is 1. The fourth-order valence-electron chi connectivity index (χ4n) is 3.73. The van der Waals surface area contributed by atoms with Crippen LogP contribution in [0.4, 0.5) is 5.69 Å². The lowest BCUT2D eigenvalue weighted by Crippen LogP contribution is -2.55.